The summed E-state index contributed by atoms with van der Waals surface area (Å²) in [6.45, 7) is 3.95. The van der Waals surface area contributed by atoms with Gasteiger partial charge in [-0.3, -0.25) is 0 Å². The van der Waals surface area contributed by atoms with E-state index >= 15 is 0 Å². The molecule has 3 heterocycles. The van der Waals surface area contributed by atoms with Crippen molar-refractivity contribution in [2.75, 3.05) is 14.2 Å². The highest BCUT2D eigenvalue weighted by Gasteiger charge is 2.31. The fourth-order valence-electron chi connectivity index (χ4n) is 4.88. The topological polar surface area (TPSA) is 71.1 Å². The number of thiophene rings is 1. The lowest BCUT2D eigenvalue weighted by atomic mass is 9.99. The molecule has 1 aromatic heterocycles. The number of aryl methyl sites for hydroxylation is 2. The Morgan fingerprint density at radius 3 is 1.81 bits per heavy atom. The first-order valence-corrected chi connectivity index (χ1v) is 12.5. The van der Waals surface area contributed by atoms with Crippen molar-refractivity contribution in [2.45, 2.75) is 13.8 Å². The van der Waals surface area contributed by atoms with Gasteiger partial charge in [-0.2, -0.15) is 0 Å². The summed E-state index contributed by atoms with van der Waals surface area (Å²) in [5.74, 6) is 0.968. The molecule has 0 N–H and O–H groups in total. The maximum Gasteiger partial charge on any atom is 0.344 e. The Morgan fingerprint density at radius 2 is 1.27 bits per heavy atom. The SMILES string of the molecule is COc1cc(C2=c3cc4c(cc3OC2=O)=C(c2ccc(-c3ccc(C)s3)cc2)C(=O)O4)cc(C)c1OC. The van der Waals surface area contributed by atoms with E-state index in [1.807, 2.05) is 37.3 Å². The largest absolute Gasteiger partial charge is 0.493 e. The third kappa shape index (κ3) is 3.70. The molecule has 0 spiro atoms. The summed E-state index contributed by atoms with van der Waals surface area (Å²) < 4.78 is 22.2. The lowest BCUT2D eigenvalue weighted by Gasteiger charge is -2.12. The zero-order valence-corrected chi connectivity index (χ0v) is 21.4. The van der Waals surface area contributed by atoms with Crippen molar-refractivity contribution in [3.05, 3.63) is 92.7 Å². The molecule has 0 unspecified atom stereocenters. The molecule has 0 fully saturated rings. The van der Waals surface area contributed by atoms with Crippen molar-refractivity contribution >= 4 is 34.4 Å². The van der Waals surface area contributed by atoms with E-state index in [1.165, 1.54) is 9.75 Å². The quantitative estimate of drug-likeness (QED) is 0.295. The number of fused-ring (bicyclic) bond motifs is 2. The molecule has 184 valence electrons. The Kier molecular flexibility index (Phi) is 5.38. The number of rotatable bonds is 5. The number of carbonyl (C=O) groups excluding carboxylic acids is 2. The predicted octanol–water partition coefficient (Wildman–Crippen LogP) is 4.29. The summed E-state index contributed by atoms with van der Waals surface area (Å²) in [5, 5.41) is 1.16. The highest BCUT2D eigenvalue weighted by Crippen LogP contribution is 2.36. The van der Waals surface area contributed by atoms with Gasteiger partial charge in [-0.25, -0.2) is 9.59 Å². The van der Waals surface area contributed by atoms with Crippen molar-refractivity contribution in [1.82, 2.24) is 0 Å². The Hall–Kier alpha value is -4.36. The van der Waals surface area contributed by atoms with Gasteiger partial charge in [0.1, 0.15) is 11.5 Å². The molecule has 6 nitrogen and oxygen atoms in total. The Morgan fingerprint density at radius 1 is 0.676 bits per heavy atom. The van der Waals surface area contributed by atoms with Gasteiger partial charge in [0.15, 0.2) is 11.5 Å². The second-order valence-corrected chi connectivity index (χ2v) is 10.2. The van der Waals surface area contributed by atoms with E-state index in [-0.39, 0.29) is 0 Å². The molecule has 4 aromatic rings. The van der Waals surface area contributed by atoms with E-state index < -0.39 is 11.9 Å². The summed E-state index contributed by atoms with van der Waals surface area (Å²) in [4.78, 5) is 28.3. The monoisotopic (exact) mass is 510 g/mol. The smallest absolute Gasteiger partial charge is 0.344 e. The van der Waals surface area contributed by atoms with Gasteiger partial charge in [-0.05, 0) is 72.5 Å². The van der Waals surface area contributed by atoms with Crippen LogP contribution in [0, 0.1) is 13.8 Å². The van der Waals surface area contributed by atoms with Gasteiger partial charge in [0.25, 0.3) is 0 Å². The highest BCUT2D eigenvalue weighted by molar-refractivity contribution is 7.15. The molecule has 0 amide bonds. The molecule has 0 aliphatic carbocycles. The minimum atomic E-state index is -0.478. The number of hydrogen-bond donors (Lipinski definition) is 0. The first-order chi connectivity index (χ1) is 17.9. The molecule has 37 heavy (non-hydrogen) atoms. The van der Waals surface area contributed by atoms with Gasteiger partial charge < -0.3 is 18.9 Å². The van der Waals surface area contributed by atoms with Gasteiger partial charge in [-0.15, -0.1) is 11.3 Å². The molecular formula is C30H22O6S. The Balaban J connectivity index is 1.49. The maximum atomic E-state index is 13.0. The lowest BCUT2D eigenvalue weighted by molar-refractivity contribution is -0.128. The maximum absolute atomic E-state index is 13.0. The number of esters is 2. The molecule has 7 heteroatoms. The number of ether oxygens (including phenoxy) is 4. The summed E-state index contributed by atoms with van der Waals surface area (Å²) >= 11 is 1.72. The van der Waals surface area contributed by atoms with Gasteiger partial charge in [0, 0.05) is 20.2 Å². The fraction of sp³-hybridized carbons (Fsp3) is 0.133. The molecule has 6 rings (SSSR count). The number of hydrogen-bond acceptors (Lipinski definition) is 7. The van der Waals surface area contributed by atoms with Crippen LogP contribution in [0.25, 0.3) is 21.6 Å². The van der Waals surface area contributed by atoms with Crippen LogP contribution in [0.5, 0.6) is 23.0 Å². The van der Waals surface area contributed by atoms with E-state index in [2.05, 4.69) is 19.1 Å². The van der Waals surface area contributed by atoms with Crippen molar-refractivity contribution in [1.29, 1.82) is 0 Å². The summed E-state index contributed by atoms with van der Waals surface area (Å²) in [6.07, 6.45) is 0. The predicted molar refractivity (Wildman–Crippen MR) is 141 cm³/mol. The van der Waals surface area contributed by atoms with Crippen LogP contribution in [0.4, 0.5) is 0 Å². The first-order valence-electron chi connectivity index (χ1n) is 11.6. The average Bonchev–Trinajstić information content (AvgIpc) is 3.55. The van der Waals surface area contributed by atoms with Crippen LogP contribution < -0.4 is 29.4 Å². The Bertz CT molecular complexity index is 1740. The van der Waals surface area contributed by atoms with E-state index in [4.69, 9.17) is 18.9 Å². The summed E-state index contributed by atoms with van der Waals surface area (Å²) in [6, 6.07) is 19.0. The van der Waals surface area contributed by atoms with E-state index in [1.54, 1.807) is 43.8 Å². The molecule has 3 aromatic carbocycles. The van der Waals surface area contributed by atoms with Crippen molar-refractivity contribution in [2.24, 2.45) is 0 Å². The average molecular weight is 511 g/mol. The molecule has 0 bridgehead atoms. The van der Waals surface area contributed by atoms with Crippen LogP contribution in [-0.4, -0.2) is 26.2 Å². The zero-order chi connectivity index (χ0) is 25.8. The van der Waals surface area contributed by atoms with Crippen LogP contribution in [0.1, 0.15) is 21.6 Å². The molecule has 0 saturated heterocycles. The van der Waals surface area contributed by atoms with Crippen LogP contribution >= 0.6 is 11.3 Å². The zero-order valence-electron chi connectivity index (χ0n) is 20.6. The molecule has 0 saturated carbocycles. The molecule has 2 aliphatic heterocycles. The Labute approximate surface area is 217 Å². The van der Waals surface area contributed by atoms with Gasteiger partial charge in [0.05, 0.1) is 25.4 Å². The third-order valence-corrected chi connectivity index (χ3v) is 7.64. The van der Waals surface area contributed by atoms with Crippen molar-refractivity contribution in [3.63, 3.8) is 0 Å². The van der Waals surface area contributed by atoms with E-state index in [9.17, 15) is 9.59 Å². The van der Waals surface area contributed by atoms with Gasteiger partial charge in [0.2, 0.25) is 0 Å². The van der Waals surface area contributed by atoms with Crippen LogP contribution in [0.15, 0.2) is 60.7 Å². The fourth-order valence-corrected chi connectivity index (χ4v) is 5.75. The molecule has 2 aliphatic rings. The van der Waals surface area contributed by atoms with Gasteiger partial charge in [-0.1, -0.05) is 24.3 Å². The number of carbonyl (C=O) groups is 2. The number of methoxy groups -OCH3 is 2. The lowest BCUT2D eigenvalue weighted by Crippen LogP contribution is -2.11. The minimum absolute atomic E-state index is 0.377. The second-order valence-electron chi connectivity index (χ2n) is 8.89. The summed E-state index contributed by atoms with van der Waals surface area (Å²) in [5.41, 5.74) is 4.09. The van der Waals surface area contributed by atoms with Crippen LogP contribution in [0.2, 0.25) is 0 Å². The third-order valence-electron chi connectivity index (χ3n) is 6.59. The van der Waals surface area contributed by atoms with E-state index in [0.717, 1.165) is 16.7 Å². The van der Waals surface area contributed by atoms with Crippen molar-refractivity contribution < 1.29 is 28.5 Å². The molecule has 0 atom stereocenters. The van der Waals surface area contributed by atoms with Crippen molar-refractivity contribution in [3.8, 4) is 33.4 Å². The second kappa shape index (κ2) is 8.64. The highest BCUT2D eigenvalue weighted by atomic mass is 32.1. The first kappa shape index (κ1) is 23.1. The van der Waals surface area contributed by atoms with Gasteiger partial charge >= 0.3 is 11.9 Å². The summed E-state index contributed by atoms with van der Waals surface area (Å²) in [7, 11) is 3.11. The van der Waals surface area contributed by atoms with E-state index in [0.29, 0.717) is 50.1 Å². The standard InChI is InChI=1S/C30H22O6S/c1-15-11-19(12-24(33-3)28(15)34-4)27-21-14-22-20(13-23(21)36-30(27)32)26(29(31)35-22)18-8-6-17(7-9-18)25-10-5-16(2)37-25/h5-14H,1-4H3. The van der Waals surface area contributed by atoms with Crippen LogP contribution in [0.3, 0.4) is 0 Å². The normalized spacial score (nSPS) is 13.8. The number of benzene rings is 3. The molecular weight excluding hydrogens is 488 g/mol. The molecule has 0 radical (unpaired) electrons. The minimum Gasteiger partial charge on any atom is -0.493 e. The van der Waals surface area contributed by atoms with Crippen LogP contribution in [-0.2, 0) is 9.59 Å².